The van der Waals surface area contributed by atoms with Crippen LogP contribution in [-0.2, 0) is 0 Å². The lowest BCUT2D eigenvalue weighted by molar-refractivity contribution is 0.0939. The zero-order valence-electron chi connectivity index (χ0n) is 9.47. The van der Waals surface area contributed by atoms with Crippen LogP contribution in [0.25, 0.3) is 0 Å². The van der Waals surface area contributed by atoms with Crippen molar-refractivity contribution >= 4 is 40.4 Å². The molecule has 0 spiro atoms. The first-order valence-electron chi connectivity index (χ1n) is 5.74. The van der Waals surface area contributed by atoms with Gasteiger partial charge in [-0.1, -0.05) is 24.4 Å². The smallest absolute Gasteiger partial charge is 0.262 e. The molecule has 0 aromatic carbocycles. The van der Waals surface area contributed by atoms with Crippen molar-refractivity contribution in [2.75, 3.05) is 12.4 Å². The van der Waals surface area contributed by atoms with Crippen LogP contribution in [0.2, 0.25) is 5.02 Å². The van der Waals surface area contributed by atoms with Crippen LogP contribution in [0.5, 0.6) is 0 Å². The molecule has 1 fully saturated rings. The first-order chi connectivity index (χ1) is 8.17. The molecule has 0 atom stereocenters. The van der Waals surface area contributed by atoms with E-state index in [0.29, 0.717) is 22.3 Å². The Morgan fingerprint density at radius 1 is 1.47 bits per heavy atom. The maximum atomic E-state index is 11.9. The molecule has 1 N–H and O–H groups in total. The number of halogens is 2. The van der Waals surface area contributed by atoms with Crippen molar-refractivity contribution in [1.29, 1.82) is 0 Å². The number of carbonyl (C=O) groups is 1. The summed E-state index contributed by atoms with van der Waals surface area (Å²) in [6.45, 7) is 0.656. The van der Waals surface area contributed by atoms with Crippen molar-refractivity contribution in [3.63, 3.8) is 0 Å². The molecule has 5 heteroatoms. The molecular formula is C12H15Cl2NOS. The SMILES string of the molecule is O=C(NCC1(CCl)CCCC1)c1sccc1Cl. The van der Waals surface area contributed by atoms with E-state index in [-0.39, 0.29) is 11.3 Å². The van der Waals surface area contributed by atoms with Gasteiger partial charge >= 0.3 is 0 Å². The van der Waals surface area contributed by atoms with Crippen molar-refractivity contribution in [2.45, 2.75) is 25.7 Å². The largest absolute Gasteiger partial charge is 0.351 e. The second kappa shape index (κ2) is 5.59. The van der Waals surface area contributed by atoms with E-state index in [1.54, 1.807) is 6.07 Å². The lowest BCUT2D eigenvalue weighted by atomic mass is 9.88. The first-order valence-corrected chi connectivity index (χ1v) is 7.53. The topological polar surface area (TPSA) is 29.1 Å². The Bertz CT molecular complexity index is 399. The molecule has 2 nitrogen and oxygen atoms in total. The molecule has 94 valence electrons. The van der Waals surface area contributed by atoms with Crippen molar-refractivity contribution in [3.8, 4) is 0 Å². The third-order valence-corrected chi connectivity index (χ3v) is 5.30. The maximum absolute atomic E-state index is 11.9. The molecule has 1 heterocycles. The van der Waals surface area contributed by atoms with E-state index in [0.717, 1.165) is 12.8 Å². The third kappa shape index (κ3) is 2.95. The van der Waals surface area contributed by atoms with E-state index in [1.807, 2.05) is 5.38 Å². The number of carbonyl (C=O) groups excluding carboxylic acids is 1. The normalized spacial score (nSPS) is 18.2. The van der Waals surface area contributed by atoms with Gasteiger partial charge in [-0.05, 0) is 24.3 Å². The summed E-state index contributed by atoms with van der Waals surface area (Å²) in [6, 6.07) is 1.74. The van der Waals surface area contributed by atoms with Crippen LogP contribution in [0.1, 0.15) is 35.4 Å². The molecule has 1 aliphatic rings. The number of hydrogen-bond acceptors (Lipinski definition) is 2. The van der Waals surface area contributed by atoms with Gasteiger partial charge in [0.05, 0.1) is 5.02 Å². The zero-order valence-corrected chi connectivity index (χ0v) is 11.8. The van der Waals surface area contributed by atoms with E-state index in [1.165, 1.54) is 24.2 Å². The highest BCUT2D eigenvalue weighted by atomic mass is 35.5. The predicted octanol–water partition coefficient (Wildman–Crippen LogP) is 3.93. The van der Waals surface area contributed by atoms with Crippen molar-refractivity contribution in [2.24, 2.45) is 5.41 Å². The van der Waals surface area contributed by atoms with Crippen molar-refractivity contribution < 1.29 is 4.79 Å². The minimum Gasteiger partial charge on any atom is -0.351 e. The number of amides is 1. The van der Waals surface area contributed by atoms with Crippen LogP contribution in [0.15, 0.2) is 11.4 Å². The number of thiophene rings is 1. The average molecular weight is 292 g/mol. The molecule has 0 saturated heterocycles. The summed E-state index contributed by atoms with van der Waals surface area (Å²) in [5.74, 6) is 0.534. The highest BCUT2D eigenvalue weighted by Crippen LogP contribution is 2.38. The number of rotatable bonds is 4. The number of alkyl halides is 1. The van der Waals surface area contributed by atoms with E-state index in [4.69, 9.17) is 23.2 Å². The summed E-state index contributed by atoms with van der Waals surface area (Å²) in [6.07, 6.45) is 4.63. The molecule has 1 aromatic heterocycles. The summed E-state index contributed by atoms with van der Waals surface area (Å²) < 4.78 is 0. The summed E-state index contributed by atoms with van der Waals surface area (Å²) >= 11 is 13.3. The summed E-state index contributed by atoms with van der Waals surface area (Å²) in [4.78, 5) is 12.5. The van der Waals surface area contributed by atoms with Gasteiger partial charge in [-0.25, -0.2) is 0 Å². The molecule has 0 aliphatic heterocycles. The monoisotopic (exact) mass is 291 g/mol. The lowest BCUT2D eigenvalue weighted by Crippen LogP contribution is -2.36. The summed E-state index contributed by atoms with van der Waals surface area (Å²) in [5, 5.41) is 5.31. The summed E-state index contributed by atoms with van der Waals surface area (Å²) in [5.41, 5.74) is 0.0982. The molecule has 0 bridgehead atoms. The van der Waals surface area contributed by atoms with Crippen LogP contribution >= 0.6 is 34.5 Å². The fraction of sp³-hybridized carbons (Fsp3) is 0.583. The van der Waals surface area contributed by atoms with Gasteiger partial charge in [0.1, 0.15) is 4.88 Å². The molecule has 1 aromatic rings. The quantitative estimate of drug-likeness (QED) is 0.837. The Morgan fingerprint density at radius 3 is 2.71 bits per heavy atom. The van der Waals surface area contributed by atoms with Crippen LogP contribution < -0.4 is 5.32 Å². The van der Waals surface area contributed by atoms with Gasteiger partial charge in [-0.2, -0.15) is 0 Å². The van der Waals surface area contributed by atoms with E-state index in [9.17, 15) is 4.79 Å². The Labute approximate surface area is 115 Å². The standard InChI is InChI=1S/C12H15Cl2NOS/c13-7-12(4-1-2-5-12)8-15-11(16)10-9(14)3-6-17-10/h3,6H,1-2,4-5,7-8H2,(H,15,16). The molecule has 2 rings (SSSR count). The molecule has 0 radical (unpaired) electrons. The highest BCUT2D eigenvalue weighted by molar-refractivity contribution is 7.12. The van der Waals surface area contributed by atoms with Gasteiger partial charge in [0.25, 0.3) is 5.91 Å². The van der Waals surface area contributed by atoms with Crippen LogP contribution in [0.4, 0.5) is 0 Å². The fourth-order valence-electron chi connectivity index (χ4n) is 2.29. The number of hydrogen-bond donors (Lipinski definition) is 1. The first kappa shape index (κ1) is 13.2. The second-order valence-corrected chi connectivity index (χ2v) is 6.21. The fourth-order valence-corrected chi connectivity index (χ4v) is 3.71. The van der Waals surface area contributed by atoms with Crippen molar-refractivity contribution in [3.05, 3.63) is 21.3 Å². The Balaban J connectivity index is 1.94. The maximum Gasteiger partial charge on any atom is 0.262 e. The van der Waals surface area contributed by atoms with E-state index in [2.05, 4.69) is 5.32 Å². The van der Waals surface area contributed by atoms with Gasteiger partial charge in [0, 0.05) is 17.8 Å². The van der Waals surface area contributed by atoms with Gasteiger partial charge in [-0.15, -0.1) is 22.9 Å². The van der Waals surface area contributed by atoms with Crippen LogP contribution in [0, 0.1) is 5.41 Å². The van der Waals surface area contributed by atoms with Gasteiger partial charge < -0.3 is 5.32 Å². The van der Waals surface area contributed by atoms with Crippen LogP contribution in [0.3, 0.4) is 0 Å². The molecule has 1 amide bonds. The van der Waals surface area contributed by atoms with Gasteiger partial charge in [0.2, 0.25) is 0 Å². The summed E-state index contributed by atoms with van der Waals surface area (Å²) in [7, 11) is 0. The van der Waals surface area contributed by atoms with E-state index >= 15 is 0 Å². The van der Waals surface area contributed by atoms with E-state index < -0.39 is 0 Å². The highest BCUT2D eigenvalue weighted by Gasteiger charge is 2.33. The predicted molar refractivity (Wildman–Crippen MR) is 73.3 cm³/mol. The molecule has 1 saturated carbocycles. The Morgan fingerprint density at radius 2 is 2.18 bits per heavy atom. The average Bonchev–Trinajstić information content (AvgIpc) is 2.95. The lowest BCUT2D eigenvalue weighted by Gasteiger charge is -2.26. The molecular weight excluding hydrogens is 277 g/mol. The number of nitrogens with one attached hydrogen (secondary N) is 1. The molecule has 1 aliphatic carbocycles. The minimum atomic E-state index is -0.0820. The van der Waals surface area contributed by atoms with Gasteiger partial charge in [0.15, 0.2) is 0 Å². The Hall–Kier alpha value is -0.250. The third-order valence-electron chi connectivity index (χ3n) is 3.40. The van der Waals surface area contributed by atoms with Crippen molar-refractivity contribution in [1.82, 2.24) is 5.32 Å². The second-order valence-electron chi connectivity index (χ2n) is 4.62. The molecule has 0 unspecified atom stereocenters. The Kier molecular flexibility index (Phi) is 4.34. The van der Waals surface area contributed by atoms with Crippen LogP contribution in [-0.4, -0.2) is 18.3 Å². The minimum absolute atomic E-state index is 0.0820. The zero-order chi connectivity index (χ0) is 12.3. The molecule has 17 heavy (non-hydrogen) atoms. The van der Waals surface area contributed by atoms with Gasteiger partial charge in [-0.3, -0.25) is 4.79 Å².